The van der Waals surface area contributed by atoms with Gasteiger partial charge in [0.2, 0.25) is 10.0 Å². The standard InChI is InChI=1S/C19H21BrN2O4S/c1-15(26-16-7-3-2-4-8-16)19(23)21-11-13-22(14-12-21)27(24,25)18-10-6-5-9-17(18)20/h2-10,15H,11-14H2,1H3. The molecule has 1 unspecified atom stereocenters. The molecule has 2 aromatic carbocycles. The number of carbonyl (C=O) groups excluding carboxylic acids is 1. The summed E-state index contributed by atoms with van der Waals surface area (Å²) in [7, 11) is -3.59. The van der Waals surface area contributed by atoms with E-state index in [2.05, 4.69) is 15.9 Å². The summed E-state index contributed by atoms with van der Waals surface area (Å²) in [6.07, 6.45) is -0.626. The molecule has 1 fully saturated rings. The minimum Gasteiger partial charge on any atom is -0.481 e. The Morgan fingerprint density at radius 1 is 1.00 bits per heavy atom. The van der Waals surface area contributed by atoms with Crippen LogP contribution in [-0.2, 0) is 14.8 Å². The molecule has 0 radical (unpaired) electrons. The smallest absolute Gasteiger partial charge is 0.263 e. The van der Waals surface area contributed by atoms with Gasteiger partial charge in [0.25, 0.3) is 5.91 Å². The summed E-state index contributed by atoms with van der Waals surface area (Å²) >= 11 is 3.30. The maximum Gasteiger partial charge on any atom is 0.263 e. The summed E-state index contributed by atoms with van der Waals surface area (Å²) in [5, 5.41) is 0. The zero-order valence-corrected chi connectivity index (χ0v) is 17.3. The van der Waals surface area contributed by atoms with E-state index in [0.717, 1.165) is 0 Å². The molecule has 0 aromatic heterocycles. The van der Waals surface area contributed by atoms with Crippen LogP contribution in [0.25, 0.3) is 0 Å². The zero-order chi connectivity index (χ0) is 19.4. The maximum atomic E-state index is 12.8. The lowest BCUT2D eigenvalue weighted by atomic mass is 10.3. The van der Waals surface area contributed by atoms with Crippen molar-refractivity contribution in [2.45, 2.75) is 17.9 Å². The molecule has 1 atom stereocenters. The molecule has 1 heterocycles. The first-order chi connectivity index (χ1) is 12.9. The molecule has 3 rings (SSSR count). The molecule has 1 amide bonds. The van der Waals surface area contributed by atoms with Crippen LogP contribution in [0, 0.1) is 0 Å². The van der Waals surface area contributed by atoms with Crippen LogP contribution in [0.1, 0.15) is 6.92 Å². The van der Waals surface area contributed by atoms with Gasteiger partial charge in [-0.15, -0.1) is 0 Å². The molecule has 2 aromatic rings. The molecule has 27 heavy (non-hydrogen) atoms. The molecular formula is C19H21BrN2O4S. The van der Waals surface area contributed by atoms with Gasteiger partial charge in [-0.05, 0) is 47.1 Å². The number of sulfonamides is 1. The number of para-hydroxylation sites is 1. The van der Waals surface area contributed by atoms with Crippen molar-refractivity contribution in [2.75, 3.05) is 26.2 Å². The summed E-state index contributed by atoms with van der Waals surface area (Å²) in [5.41, 5.74) is 0. The predicted molar refractivity (Wildman–Crippen MR) is 106 cm³/mol. The average molecular weight is 453 g/mol. The molecule has 0 saturated carbocycles. The Hall–Kier alpha value is -1.90. The Morgan fingerprint density at radius 3 is 2.22 bits per heavy atom. The quantitative estimate of drug-likeness (QED) is 0.699. The number of ether oxygens (including phenoxy) is 1. The molecule has 0 aliphatic carbocycles. The van der Waals surface area contributed by atoms with E-state index < -0.39 is 16.1 Å². The molecule has 0 bridgehead atoms. The second-order valence-corrected chi connectivity index (χ2v) is 8.99. The van der Waals surface area contributed by atoms with Gasteiger partial charge >= 0.3 is 0 Å². The van der Waals surface area contributed by atoms with Crippen LogP contribution in [0.3, 0.4) is 0 Å². The fourth-order valence-corrected chi connectivity index (χ4v) is 5.34. The second-order valence-electron chi connectivity index (χ2n) is 6.23. The van der Waals surface area contributed by atoms with E-state index in [-0.39, 0.29) is 23.9 Å². The fraction of sp³-hybridized carbons (Fsp3) is 0.316. The van der Waals surface area contributed by atoms with Gasteiger partial charge < -0.3 is 9.64 Å². The lowest BCUT2D eigenvalue weighted by Crippen LogP contribution is -2.53. The Bertz CT molecular complexity index is 897. The summed E-state index contributed by atoms with van der Waals surface area (Å²) in [4.78, 5) is 14.5. The lowest BCUT2D eigenvalue weighted by Gasteiger charge is -2.35. The number of hydrogen-bond donors (Lipinski definition) is 0. The number of piperazine rings is 1. The molecule has 0 spiro atoms. The summed E-state index contributed by atoms with van der Waals surface area (Å²) < 4.78 is 33.3. The first-order valence-corrected chi connectivity index (χ1v) is 10.9. The highest BCUT2D eigenvalue weighted by Crippen LogP contribution is 2.25. The highest BCUT2D eigenvalue weighted by atomic mass is 79.9. The van der Waals surface area contributed by atoms with Crippen molar-refractivity contribution in [3.8, 4) is 5.75 Å². The predicted octanol–water partition coefficient (Wildman–Crippen LogP) is 2.75. The molecule has 6 nitrogen and oxygen atoms in total. The Labute approximate surface area is 167 Å². The number of rotatable bonds is 5. The molecule has 1 aliphatic heterocycles. The van der Waals surface area contributed by atoms with Gasteiger partial charge in [0.15, 0.2) is 6.10 Å². The molecule has 1 aliphatic rings. The van der Waals surface area contributed by atoms with E-state index in [9.17, 15) is 13.2 Å². The van der Waals surface area contributed by atoms with Crippen molar-refractivity contribution >= 4 is 31.9 Å². The van der Waals surface area contributed by atoms with E-state index >= 15 is 0 Å². The zero-order valence-electron chi connectivity index (χ0n) is 14.9. The average Bonchev–Trinajstić information content (AvgIpc) is 2.68. The van der Waals surface area contributed by atoms with Crippen LogP contribution in [0.2, 0.25) is 0 Å². The van der Waals surface area contributed by atoms with Crippen LogP contribution in [0.5, 0.6) is 5.75 Å². The number of benzene rings is 2. The van der Waals surface area contributed by atoms with Gasteiger partial charge in [0, 0.05) is 30.7 Å². The van der Waals surface area contributed by atoms with E-state index in [0.29, 0.717) is 23.3 Å². The number of hydrogen-bond acceptors (Lipinski definition) is 4. The molecule has 144 valence electrons. The normalized spacial score (nSPS) is 16.7. The van der Waals surface area contributed by atoms with Crippen LogP contribution in [0.4, 0.5) is 0 Å². The number of carbonyl (C=O) groups is 1. The van der Waals surface area contributed by atoms with Crippen LogP contribution >= 0.6 is 15.9 Å². The van der Waals surface area contributed by atoms with Crippen molar-refractivity contribution in [1.29, 1.82) is 0 Å². The SMILES string of the molecule is CC(Oc1ccccc1)C(=O)N1CCN(S(=O)(=O)c2ccccc2Br)CC1. The molecule has 1 saturated heterocycles. The topological polar surface area (TPSA) is 66.9 Å². The van der Waals surface area contributed by atoms with Crippen LogP contribution < -0.4 is 4.74 Å². The van der Waals surface area contributed by atoms with Crippen LogP contribution in [0.15, 0.2) is 64.0 Å². The van der Waals surface area contributed by atoms with Crippen molar-refractivity contribution in [3.63, 3.8) is 0 Å². The summed E-state index contributed by atoms with van der Waals surface area (Å²) in [6.45, 7) is 2.90. The van der Waals surface area contributed by atoms with E-state index in [1.807, 2.05) is 18.2 Å². The van der Waals surface area contributed by atoms with E-state index in [1.165, 1.54) is 4.31 Å². The third kappa shape index (κ3) is 4.51. The Kier molecular flexibility index (Phi) is 6.18. The van der Waals surface area contributed by atoms with Crippen molar-refractivity contribution in [1.82, 2.24) is 9.21 Å². The van der Waals surface area contributed by atoms with E-state index in [1.54, 1.807) is 48.2 Å². The third-order valence-corrected chi connectivity index (χ3v) is 7.32. The largest absolute Gasteiger partial charge is 0.481 e. The first-order valence-electron chi connectivity index (χ1n) is 8.65. The Balaban J connectivity index is 1.61. The summed E-state index contributed by atoms with van der Waals surface area (Å²) in [5.74, 6) is 0.491. The van der Waals surface area contributed by atoms with Gasteiger partial charge in [-0.25, -0.2) is 8.42 Å². The molecule has 8 heteroatoms. The Morgan fingerprint density at radius 2 is 1.59 bits per heavy atom. The highest BCUT2D eigenvalue weighted by molar-refractivity contribution is 9.10. The molecular weight excluding hydrogens is 432 g/mol. The third-order valence-electron chi connectivity index (χ3n) is 4.41. The van der Waals surface area contributed by atoms with Crippen molar-refractivity contribution < 1.29 is 17.9 Å². The van der Waals surface area contributed by atoms with Crippen molar-refractivity contribution in [2.24, 2.45) is 0 Å². The second kappa shape index (κ2) is 8.41. The lowest BCUT2D eigenvalue weighted by molar-refractivity contribution is -0.139. The van der Waals surface area contributed by atoms with E-state index in [4.69, 9.17) is 4.74 Å². The van der Waals surface area contributed by atoms with Gasteiger partial charge in [-0.3, -0.25) is 4.79 Å². The highest BCUT2D eigenvalue weighted by Gasteiger charge is 2.32. The minimum atomic E-state index is -3.59. The van der Waals surface area contributed by atoms with Gasteiger partial charge in [0.05, 0.1) is 4.90 Å². The summed E-state index contributed by atoms with van der Waals surface area (Å²) in [6, 6.07) is 15.9. The van der Waals surface area contributed by atoms with Gasteiger partial charge in [-0.1, -0.05) is 30.3 Å². The van der Waals surface area contributed by atoms with Crippen LogP contribution in [-0.4, -0.2) is 55.8 Å². The number of nitrogens with zero attached hydrogens (tertiary/aromatic N) is 2. The minimum absolute atomic E-state index is 0.142. The first kappa shape index (κ1) is 19.9. The maximum absolute atomic E-state index is 12.8. The number of amides is 1. The van der Waals surface area contributed by atoms with Gasteiger partial charge in [-0.2, -0.15) is 4.31 Å². The van der Waals surface area contributed by atoms with Crippen molar-refractivity contribution in [3.05, 3.63) is 59.1 Å². The number of halogens is 1. The monoisotopic (exact) mass is 452 g/mol. The van der Waals surface area contributed by atoms with Gasteiger partial charge in [0.1, 0.15) is 5.75 Å². The fourth-order valence-electron chi connectivity index (χ4n) is 2.95. The molecule has 0 N–H and O–H groups in total.